The van der Waals surface area contributed by atoms with Gasteiger partial charge in [0.15, 0.2) is 0 Å². The van der Waals surface area contributed by atoms with Gasteiger partial charge in [0, 0.05) is 60.3 Å². The number of hydrogen-bond acceptors (Lipinski definition) is 5. The van der Waals surface area contributed by atoms with Crippen molar-refractivity contribution < 1.29 is 4.79 Å². The van der Waals surface area contributed by atoms with Crippen LogP contribution in [0.15, 0.2) is 60.8 Å². The van der Waals surface area contributed by atoms with Crippen LogP contribution < -0.4 is 15.5 Å². The van der Waals surface area contributed by atoms with Crippen molar-refractivity contribution in [3.05, 3.63) is 71.9 Å². The van der Waals surface area contributed by atoms with Crippen molar-refractivity contribution >= 4 is 34.1 Å². The third-order valence-corrected chi connectivity index (χ3v) is 8.68. The number of hydrogen-bond donors (Lipinski definition) is 3. The second kappa shape index (κ2) is 9.17. The minimum absolute atomic E-state index is 0.0708. The van der Waals surface area contributed by atoms with Crippen LogP contribution in [0.2, 0.25) is 0 Å². The highest BCUT2D eigenvalue weighted by atomic mass is 16.2. The number of rotatable bonds is 4. The van der Waals surface area contributed by atoms with Crippen molar-refractivity contribution in [2.75, 3.05) is 43.4 Å². The number of anilines is 3. The fourth-order valence-corrected chi connectivity index (χ4v) is 6.51. The molecule has 4 heterocycles. The molecule has 1 amide bonds. The summed E-state index contributed by atoms with van der Waals surface area (Å²) in [5.74, 6) is 0.882. The molecule has 0 radical (unpaired) electrons. The lowest BCUT2D eigenvalue weighted by Gasteiger charge is -2.34. The Morgan fingerprint density at radius 2 is 1.76 bits per heavy atom. The van der Waals surface area contributed by atoms with Gasteiger partial charge in [0.1, 0.15) is 11.5 Å². The molecule has 0 atom stereocenters. The molecule has 2 aliphatic heterocycles. The number of amides is 1. The van der Waals surface area contributed by atoms with E-state index >= 15 is 0 Å². The molecular weight excluding hydrogens is 472 g/mol. The number of fused-ring (bicyclic) bond motifs is 3. The highest BCUT2D eigenvalue weighted by Gasteiger charge is 2.43. The van der Waals surface area contributed by atoms with E-state index in [9.17, 15) is 4.79 Å². The first kappa shape index (κ1) is 23.3. The number of aromatic amines is 1. The molecule has 3 aliphatic rings. The molecule has 1 spiro atoms. The van der Waals surface area contributed by atoms with Crippen molar-refractivity contribution in [3.8, 4) is 11.1 Å². The first-order valence-electron chi connectivity index (χ1n) is 13.8. The summed E-state index contributed by atoms with van der Waals surface area (Å²) in [5.41, 5.74) is 7.17. The molecule has 7 heteroatoms. The van der Waals surface area contributed by atoms with Gasteiger partial charge in [0.25, 0.3) is 5.91 Å². The first-order valence-corrected chi connectivity index (χ1v) is 13.8. The fraction of sp³-hybridized carbons (Fsp3) is 0.355. The van der Waals surface area contributed by atoms with Gasteiger partial charge in [-0.2, -0.15) is 0 Å². The van der Waals surface area contributed by atoms with E-state index in [1.807, 2.05) is 18.3 Å². The number of piperazine rings is 1. The smallest absolute Gasteiger partial charge is 0.252 e. The van der Waals surface area contributed by atoms with E-state index < -0.39 is 0 Å². The molecule has 2 aromatic carbocycles. The second-order valence-corrected chi connectivity index (χ2v) is 11.1. The molecule has 1 saturated heterocycles. The van der Waals surface area contributed by atoms with Crippen molar-refractivity contribution in [2.45, 2.75) is 37.6 Å². The number of nitrogens with one attached hydrogen (secondary N) is 3. The molecular formula is C31H34N6O. The summed E-state index contributed by atoms with van der Waals surface area (Å²) in [6, 6.07) is 19.1. The van der Waals surface area contributed by atoms with Crippen LogP contribution in [0.3, 0.4) is 0 Å². The Morgan fingerprint density at radius 3 is 2.61 bits per heavy atom. The number of aromatic nitrogens is 2. The van der Waals surface area contributed by atoms with Crippen molar-refractivity contribution in [2.24, 2.45) is 0 Å². The fourth-order valence-electron chi connectivity index (χ4n) is 6.51. The standard InChI is InChI=1S/C31H34N6O/c1-36-14-16-37(17-15-36)23-7-5-6-22(19-23)33-28-11-10-24-26(20-32-29(24)34-28)21-8-9-25-27(18-21)31(35-30(25)38)12-3-2-4-13-31/h5-11,18-20H,2-4,12-17H2,1H3,(H,35,38)(H2,32,33,34). The van der Waals surface area contributed by atoms with Gasteiger partial charge in [0.2, 0.25) is 0 Å². The molecule has 1 aliphatic carbocycles. The van der Waals surface area contributed by atoms with Crippen molar-refractivity contribution in [1.29, 1.82) is 0 Å². The van der Waals surface area contributed by atoms with Gasteiger partial charge in [-0.15, -0.1) is 0 Å². The van der Waals surface area contributed by atoms with Crippen molar-refractivity contribution in [3.63, 3.8) is 0 Å². The van der Waals surface area contributed by atoms with E-state index in [4.69, 9.17) is 4.98 Å². The van der Waals surface area contributed by atoms with Gasteiger partial charge in [-0.3, -0.25) is 4.79 Å². The van der Waals surface area contributed by atoms with Gasteiger partial charge < -0.3 is 25.4 Å². The normalized spacial score (nSPS) is 19.1. The van der Waals surface area contributed by atoms with Crippen molar-refractivity contribution in [1.82, 2.24) is 20.2 Å². The molecule has 2 aromatic heterocycles. The van der Waals surface area contributed by atoms with E-state index in [2.05, 4.69) is 74.9 Å². The lowest BCUT2D eigenvalue weighted by atomic mass is 9.77. The number of nitrogens with zero attached hydrogens (tertiary/aromatic N) is 3. The van der Waals surface area contributed by atoms with Crippen LogP contribution in [-0.4, -0.2) is 54.0 Å². The lowest BCUT2D eigenvalue weighted by Crippen LogP contribution is -2.44. The number of likely N-dealkylation sites (N-methyl/N-ethyl adjacent to an activating group) is 1. The van der Waals surface area contributed by atoms with Crippen LogP contribution in [0, 0.1) is 0 Å². The van der Waals surface area contributed by atoms with Crippen LogP contribution in [0.4, 0.5) is 17.2 Å². The largest absolute Gasteiger partial charge is 0.369 e. The Balaban J connectivity index is 1.15. The first-order chi connectivity index (χ1) is 18.6. The Hall–Kier alpha value is -3.84. The van der Waals surface area contributed by atoms with E-state index in [0.29, 0.717) is 0 Å². The SMILES string of the molecule is CN1CCN(c2cccc(Nc3ccc4c(-c5ccc6c(c5)C5(CCCCC5)NC6=O)c[nH]c4n3)c2)CC1. The van der Waals surface area contributed by atoms with E-state index in [0.717, 1.165) is 91.1 Å². The number of benzene rings is 2. The predicted octanol–water partition coefficient (Wildman–Crippen LogP) is 5.63. The van der Waals surface area contributed by atoms with Gasteiger partial charge in [-0.05, 0) is 73.5 Å². The lowest BCUT2D eigenvalue weighted by molar-refractivity contribution is 0.0909. The second-order valence-electron chi connectivity index (χ2n) is 11.1. The van der Waals surface area contributed by atoms with Gasteiger partial charge in [0.05, 0.1) is 5.54 Å². The molecule has 194 valence electrons. The molecule has 2 fully saturated rings. The molecule has 3 N–H and O–H groups in total. The van der Waals surface area contributed by atoms with Crippen LogP contribution in [-0.2, 0) is 5.54 Å². The average Bonchev–Trinajstić information content (AvgIpc) is 3.48. The van der Waals surface area contributed by atoms with Crippen LogP contribution >= 0.6 is 0 Å². The maximum Gasteiger partial charge on any atom is 0.252 e. The molecule has 7 nitrogen and oxygen atoms in total. The molecule has 38 heavy (non-hydrogen) atoms. The van der Waals surface area contributed by atoms with Crippen LogP contribution in [0.1, 0.15) is 48.0 Å². The Bertz CT molecular complexity index is 1510. The summed E-state index contributed by atoms with van der Waals surface area (Å²) >= 11 is 0. The molecule has 1 saturated carbocycles. The highest BCUT2D eigenvalue weighted by Crippen LogP contribution is 2.44. The molecule has 4 aromatic rings. The Morgan fingerprint density at radius 1 is 0.921 bits per heavy atom. The highest BCUT2D eigenvalue weighted by molar-refractivity contribution is 6.02. The zero-order valence-corrected chi connectivity index (χ0v) is 21.9. The van der Waals surface area contributed by atoms with Gasteiger partial charge in [-0.1, -0.05) is 31.4 Å². The topological polar surface area (TPSA) is 76.3 Å². The third kappa shape index (κ3) is 4.02. The maximum absolute atomic E-state index is 12.7. The van der Waals surface area contributed by atoms with Gasteiger partial charge in [-0.25, -0.2) is 4.98 Å². The van der Waals surface area contributed by atoms with E-state index in [-0.39, 0.29) is 11.4 Å². The van der Waals surface area contributed by atoms with E-state index in [1.54, 1.807) is 0 Å². The molecule has 7 rings (SSSR count). The van der Waals surface area contributed by atoms with Crippen LogP contribution in [0.25, 0.3) is 22.2 Å². The number of pyridine rings is 1. The summed E-state index contributed by atoms with van der Waals surface area (Å²) < 4.78 is 0. The zero-order chi connectivity index (χ0) is 25.7. The number of carbonyl (C=O) groups excluding carboxylic acids is 1. The third-order valence-electron chi connectivity index (χ3n) is 8.68. The van der Waals surface area contributed by atoms with E-state index in [1.165, 1.54) is 17.7 Å². The number of carbonyl (C=O) groups is 1. The molecule has 0 unspecified atom stereocenters. The number of H-pyrrole nitrogens is 1. The van der Waals surface area contributed by atoms with Gasteiger partial charge >= 0.3 is 0 Å². The summed E-state index contributed by atoms with van der Waals surface area (Å²) in [4.78, 5) is 25.8. The quantitative estimate of drug-likeness (QED) is 0.335. The monoisotopic (exact) mass is 506 g/mol. The summed E-state index contributed by atoms with van der Waals surface area (Å²) in [6.07, 6.45) is 7.65. The average molecular weight is 507 g/mol. The Kier molecular flexibility index (Phi) is 5.62. The van der Waals surface area contributed by atoms with Crippen LogP contribution in [0.5, 0.6) is 0 Å². The summed E-state index contributed by atoms with van der Waals surface area (Å²) in [7, 11) is 2.18. The maximum atomic E-state index is 12.7. The predicted molar refractivity (Wildman–Crippen MR) is 153 cm³/mol. The Labute approximate surface area is 223 Å². The summed E-state index contributed by atoms with van der Waals surface area (Å²) in [6.45, 7) is 4.26. The molecule has 0 bridgehead atoms. The minimum Gasteiger partial charge on any atom is -0.369 e. The summed E-state index contributed by atoms with van der Waals surface area (Å²) in [5, 5.41) is 7.91. The zero-order valence-electron chi connectivity index (χ0n) is 21.9. The minimum atomic E-state index is -0.194.